The Hall–Kier alpha value is -3.88. The molecular weight excluding hydrogens is 523 g/mol. The number of hydrogen-bond acceptors (Lipinski definition) is 4. The predicted octanol–water partition coefficient (Wildman–Crippen LogP) is 5.55. The number of ether oxygens (including phenoxy) is 1. The molecule has 2 aromatic carbocycles. The molecule has 0 spiro atoms. The van der Waals surface area contributed by atoms with Gasteiger partial charge in [0.05, 0.1) is 6.54 Å². The molecule has 2 saturated heterocycles. The monoisotopic (exact) mass is 560 g/mol. The van der Waals surface area contributed by atoms with Gasteiger partial charge in [-0.2, -0.15) is 0 Å². The third-order valence-corrected chi connectivity index (χ3v) is 8.60. The molecule has 0 radical (unpaired) electrons. The summed E-state index contributed by atoms with van der Waals surface area (Å²) in [4.78, 5) is 44.4. The summed E-state index contributed by atoms with van der Waals surface area (Å²) in [5.41, 5.74) is 3.65. The molecule has 1 unspecified atom stereocenters. The summed E-state index contributed by atoms with van der Waals surface area (Å²) < 4.78 is 21.2. The zero-order valence-electron chi connectivity index (χ0n) is 23.9. The maximum absolute atomic E-state index is 13.5. The molecule has 41 heavy (non-hydrogen) atoms. The highest BCUT2D eigenvalue weighted by atomic mass is 19.1. The lowest BCUT2D eigenvalue weighted by Gasteiger charge is -2.33. The fraction of sp³-hybridized carbons (Fsp3) is 0.469. The first-order chi connectivity index (χ1) is 19.6. The topological polar surface area (TPSA) is 75.1 Å². The quantitative estimate of drug-likeness (QED) is 0.383. The zero-order chi connectivity index (χ0) is 28.9. The van der Waals surface area contributed by atoms with Crippen molar-refractivity contribution in [3.8, 4) is 0 Å². The molecular formula is C32H37FN4O4. The van der Waals surface area contributed by atoms with E-state index >= 15 is 0 Å². The van der Waals surface area contributed by atoms with E-state index < -0.39 is 11.6 Å². The van der Waals surface area contributed by atoms with Gasteiger partial charge >= 0.3 is 12.1 Å². The van der Waals surface area contributed by atoms with Gasteiger partial charge in [0, 0.05) is 49.2 Å². The standard InChI is InChI=1S/C32H37FN4O4/c1-32(2,3)41-31(40)34-15-12-21(13-16-34)14-17-35-29(38)27-18-25-24-6-4-5-7-26(24)36(28(25)20-37(27)30(35)39)19-22-8-10-23(33)11-9-22/h4-11,21,27H,12-20H2,1-3H3. The highest BCUT2D eigenvalue weighted by molar-refractivity contribution is 6.05. The smallest absolute Gasteiger partial charge is 0.410 e. The lowest BCUT2D eigenvalue weighted by atomic mass is 9.93. The van der Waals surface area contributed by atoms with E-state index in [1.807, 2.05) is 32.9 Å². The number of halogens is 1. The average molecular weight is 561 g/mol. The number of carbonyl (C=O) groups excluding carboxylic acids is 3. The van der Waals surface area contributed by atoms with Gasteiger partial charge in [-0.05, 0) is 75.3 Å². The molecule has 0 saturated carbocycles. The van der Waals surface area contributed by atoms with Crippen molar-refractivity contribution in [1.29, 1.82) is 0 Å². The van der Waals surface area contributed by atoms with Gasteiger partial charge in [0.1, 0.15) is 17.5 Å². The summed E-state index contributed by atoms with van der Waals surface area (Å²) in [7, 11) is 0. The number of nitrogens with zero attached hydrogens (tertiary/aromatic N) is 4. The number of piperidine rings is 1. The van der Waals surface area contributed by atoms with Crippen molar-refractivity contribution in [2.24, 2.45) is 5.92 Å². The molecule has 9 heteroatoms. The molecule has 3 aliphatic heterocycles. The third-order valence-electron chi connectivity index (χ3n) is 8.60. The summed E-state index contributed by atoms with van der Waals surface area (Å²) in [6.07, 6.45) is 2.59. The number of carbonyl (C=O) groups is 3. The van der Waals surface area contributed by atoms with Crippen molar-refractivity contribution in [2.45, 2.75) is 71.2 Å². The Kier molecular flexibility index (Phi) is 6.99. The van der Waals surface area contributed by atoms with E-state index in [0.29, 0.717) is 45.1 Å². The van der Waals surface area contributed by atoms with Crippen LogP contribution >= 0.6 is 0 Å². The van der Waals surface area contributed by atoms with Crippen LogP contribution in [0.25, 0.3) is 10.9 Å². The normalized spacial score (nSPS) is 19.6. The number of hydrogen-bond donors (Lipinski definition) is 0. The summed E-state index contributed by atoms with van der Waals surface area (Å²) in [5, 5.41) is 1.10. The van der Waals surface area contributed by atoms with E-state index in [4.69, 9.17) is 4.74 Å². The van der Waals surface area contributed by atoms with E-state index in [-0.39, 0.29) is 23.8 Å². The summed E-state index contributed by atoms with van der Waals surface area (Å²) in [6, 6.07) is 13.9. The molecule has 6 rings (SSSR count). The number of likely N-dealkylation sites (tertiary alicyclic amines) is 1. The van der Waals surface area contributed by atoms with Crippen molar-refractivity contribution in [3.05, 3.63) is 71.2 Å². The molecule has 4 amide bonds. The minimum Gasteiger partial charge on any atom is -0.444 e. The number of rotatable bonds is 5. The van der Waals surface area contributed by atoms with Gasteiger partial charge in [0.15, 0.2) is 0 Å². The van der Waals surface area contributed by atoms with Crippen LogP contribution < -0.4 is 0 Å². The summed E-state index contributed by atoms with van der Waals surface area (Å²) in [5.74, 6) is -0.0545. The number of fused-ring (bicyclic) bond motifs is 4. The van der Waals surface area contributed by atoms with Crippen LogP contribution in [0.1, 0.15) is 56.9 Å². The largest absolute Gasteiger partial charge is 0.444 e. The maximum atomic E-state index is 13.5. The van der Waals surface area contributed by atoms with Crippen molar-refractivity contribution < 1.29 is 23.5 Å². The Labute approximate surface area is 239 Å². The molecule has 8 nitrogen and oxygen atoms in total. The lowest BCUT2D eigenvalue weighted by Crippen LogP contribution is -2.42. The number of para-hydroxylation sites is 1. The minimum atomic E-state index is -0.522. The number of amides is 4. The van der Waals surface area contributed by atoms with Crippen LogP contribution in [0.5, 0.6) is 0 Å². The molecule has 3 aliphatic rings. The van der Waals surface area contributed by atoms with Crippen molar-refractivity contribution >= 4 is 28.9 Å². The third kappa shape index (κ3) is 5.29. The van der Waals surface area contributed by atoms with Gasteiger partial charge < -0.3 is 19.1 Å². The molecule has 0 N–H and O–H groups in total. The predicted molar refractivity (Wildman–Crippen MR) is 153 cm³/mol. The number of aromatic nitrogens is 1. The Bertz CT molecular complexity index is 1480. The van der Waals surface area contributed by atoms with Crippen LogP contribution in [0.15, 0.2) is 48.5 Å². The Morgan fingerprint density at radius 3 is 2.44 bits per heavy atom. The first kappa shape index (κ1) is 27.3. The van der Waals surface area contributed by atoms with Gasteiger partial charge in [0.2, 0.25) is 0 Å². The molecule has 0 bridgehead atoms. The van der Waals surface area contributed by atoms with Crippen molar-refractivity contribution in [1.82, 2.24) is 19.3 Å². The van der Waals surface area contributed by atoms with Gasteiger partial charge in [-0.15, -0.1) is 0 Å². The highest BCUT2D eigenvalue weighted by Crippen LogP contribution is 2.37. The number of benzene rings is 2. The van der Waals surface area contributed by atoms with Gasteiger partial charge in [-0.25, -0.2) is 14.0 Å². The van der Waals surface area contributed by atoms with Gasteiger partial charge in [0.25, 0.3) is 5.91 Å². The van der Waals surface area contributed by atoms with Crippen LogP contribution in [0.3, 0.4) is 0 Å². The second kappa shape index (κ2) is 10.5. The lowest BCUT2D eigenvalue weighted by molar-refractivity contribution is -0.128. The van der Waals surface area contributed by atoms with Crippen LogP contribution in [0.4, 0.5) is 14.0 Å². The van der Waals surface area contributed by atoms with E-state index in [1.54, 1.807) is 21.9 Å². The Morgan fingerprint density at radius 1 is 1.02 bits per heavy atom. The SMILES string of the molecule is CC(C)(C)OC(=O)N1CCC(CCN2C(=O)C3Cc4c(n(Cc5ccc(F)cc5)c5ccccc45)CN3C2=O)CC1. The van der Waals surface area contributed by atoms with Gasteiger partial charge in [-0.1, -0.05) is 30.3 Å². The molecule has 3 aromatic rings. The molecule has 2 fully saturated rings. The maximum Gasteiger partial charge on any atom is 0.410 e. The molecule has 0 aliphatic carbocycles. The zero-order valence-corrected chi connectivity index (χ0v) is 23.9. The second-order valence-electron chi connectivity index (χ2n) is 12.5. The van der Waals surface area contributed by atoms with E-state index in [9.17, 15) is 18.8 Å². The van der Waals surface area contributed by atoms with Crippen molar-refractivity contribution in [3.63, 3.8) is 0 Å². The Balaban J connectivity index is 1.14. The molecule has 1 atom stereocenters. The van der Waals surface area contributed by atoms with E-state index in [0.717, 1.165) is 47.0 Å². The second-order valence-corrected chi connectivity index (χ2v) is 12.5. The molecule has 4 heterocycles. The van der Waals surface area contributed by atoms with Gasteiger partial charge in [-0.3, -0.25) is 9.69 Å². The number of imide groups is 1. The van der Waals surface area contributed by atoms with E-state index in [1.165, 1.54) is 17.0 Å². The minimum absolute atomic E-state index is 0.123. The highest BCUT2D eigenvalue weighted by Gasteiger charge is 2.48. The summed E-state index contributed by atoms with van der Waals surface area (Å²) in [6.45, 7) is 8.15. The molecule has 1 aromatic heterocycles. The average Bonchev–Trinajstić information content (AvgIpc) is 3.37. The fourth-order valence-electron chi connectivity index (χ4n) is 6.46. The van der Waals surface area contributed by atoms with Crippen LogP contribution in [0, 0.1) is 11.7 Å². The number of urea groups is 1. The first-order valence-corrected chi connectivity index (χ1v) is 14.5. The fourth-order valence-corrected chi connectivity index (χ4v) is 6.46. The van der Waals surface area contributed by atoms with Crippen molar-refractivity contribution in [2.75, 3.05) is 19.6 Å². The van der Waals surface area contributed by atoms with Crippen LogP contribution in [0.2, 0.25) is 0 Å². The molecule has 216 valence electrons. The first-order valence-electron chi connectivity index (χ1n) is 14.5. The Morgan fingerprint density at radius 2 is 1.73 bits per heavy atom. The van der Waals surface area contributed by atoms with Crippen LogP contribution in [-0.4, -0.2) is 68.6 Å². The van der Waals surface area contributed by atoms with Crippen LogP contribution in [-0.2, 0) is 29.0 Å². The van der Waals surface area contributed by atoms with E-state index in [2.05, 4.69) is 16.7 Å². The summed E-state index contributed by atoms with van der Waals surface area (Å²) >= 11 is 0.